The third-order valence-electron chi connectivity index (χ3n) is 2.99. The van der Waals surface area contributed by atoms with Gasteiger partial charge in [-0.2, -0.15) is 0 Å². The second-order valence-corrected chi connectivity index (χ2v) is 4.72. The number of carbonyl (C=O) groups excluding carboxylic acids is 1. The standard InChI is InChI=1S/C11H23N3O2/c1-12-11(16)4-5-14-8-10(15)6-9(14)7-13(2)3/h9-10,15H,4-8H2,1-3H3,(H,12,16). The monoisotopic (exact) mass is 229 g/mol. The van der Waals surface area contributed by atoms with Gasteiger partial charge in [0.15, 0.2) is 0 Å². The maximum Gasteiger partial charge on any atom is 0.221 e. The van der Waals surface area contributed by atoms with Crippen LogP contribution in [0.1, 0.15) is 12.8 Å². The second kappa shape index (κ2) is 6.18. The zero-order chi connectivity index (χ0) is 12.1. The van der Waals surface area contributed by atoms with Crippen LogP contribution in [-0.4, -0.2) is 73.7 Å². The number of aliphatic hydroxyl groups excluding tert-OH is 1. The topological polar surface area (TPSA) is 55.8 Å². The smallest absolute Gasteiger partial charge is 0.221 e. The highest BCUT2D eigenvalue weighted by molar-refractivity contribution is 5.75. The normalized spacial score (nSPS) is 26.3. The number of amides is 1. The third-order valence-corrected chi connectivity index (χ3v) is 2.99. The molecule has 0 aromatic carbocycles. The van der Waals surface area contributed by atoms with Crippen LogP contribution < -0.4 is 5.32 Å². The fourth-order valence-electron chi connectivity index (χ4n) is 2.21. The van der Waals surface area contributed by atoms with Crippen molar-refractivity contribution in [2.75, 3.05) is 40.8 Å². The molecule has 1 saturated heterocycles. The van der Waals surface area contributed by atoms with Gasteiger partial charge in [-0.3, -0.25) is 9.69 Å². The van der Waals surface area contributed by atoms with Crippen LogP contribution in [0.3, 0.4) is 0 Å². The Hall–Kier alpha value is -0.650. The zero-order valence-electron chi connectivity index (χ0n) is 10.4. The number of likely N-dealkylation sites (tertiary alicyclic amines) is 1. The van der Waals surface area contributed by atoms with Crippen molar-refractivity contribution in [2.24, 2.45) is 0 Å². The van der Waals surface area contributed by atoms with Gasteiger partial charge in [-0.25, -0.2) is 0 Å². The van der Waals surface area contributed by atoms with Gasteiger partial charge in [0.25, 0.3) is 0 Å². The van der Waals surface area contributed by atoms with Gasteiger partial charge in [0.2, 0.25) is 5.91 Å². The maximum atomic E-state index is 11.2. The first-order chi connectivity index (χ1) is 7.52. The summed E-state index contributed by atoms with van der Waals surface area (Å²) in [5.74, 6) is 0.0602. The highest BCUT2D eigenvalue weighted by Gasteiger charge is 2.30. The number of nitrogens with zero attached hydrogens (tertiary/aromatic N) is 2. The number of carbonyl (C=O) groups is 1. The summed E-state index contributed by atoms with van der Waals surface area (Å²) in [6.45, 7) is 2.36. The third kappa shape index (κ3) is 4.08. The van der Waals surface area contributed by atoms with Crippen molar-refractivity contribution in [3.8, 4) is 0 Å². The zero-order valence-corrected chi connectivity index (χ0v) is 10.4. The molecule has 5 heteroatoms. The van der Waals surface area contributed by atoms with E-state index in [9.17, 15) is 9.90 Å². The van der Waals surface area contributed by atoms with E-state index in [0.29, 0.717) is 19.0 Å². The Morgan fingerprint density at radius 3 is 2.81 bits per heavy atom. The van der Waals surface area contributed by atoms with Crippen molar-refractivity contribution in [3.63, 3.8) is 0 Å². The van der Waals surface area contributed by atoms with E-state index >= 15 is 0 Å². The summed E-state index contributed by atoms with van der Waals surface area (Å²) in [5.41, 5.74) is 0. The molecule has 1 amide bonds. The predicted molar refractivity (Wildman–Crippen MR) is 63.2 cm³/mol. The van der Waals surface area contributed by atoms with Crippen LogP contribution in [0.4, 0.5) is 0 Å². The lowest BCUT2D eigenvalue weighted by atomic mass is 10.2. The Morgan fingerprint density at radius 1 is 1.56 bits per heavy atom. The Labute approximate surface area is 97.4 Å². The van der Waals surface area contributed by atoms with Gasteiger partial charge in [0.1, 0.15) is 0 Å². The Balaban J connectivity index is 2.40. The van der Waals surface area contributed by atoms with Gasteiger partial charge in [0, 0.05) is 39.1 Å². The van der Waals surface area contributed by atoms with Crippen molar-refractivity contribution < 1.29 is 9.90 Å². The van der Waals surface area contributed by atoms with Crippen LogP contribution in [0.15, 0.2) is 0 Å². The fourth-order valence-corrected chi connectivity index (χ4v) is 2.21. The van der Waals surface area contributed by atoms with Crippen molar-refractivity contribution in [2.45, 2.75) is 25.0 Å². The lowest BCUT2D eigenvalue weighted by molar-refractivity contribution is -0.121. The van der Waals surface area contributed by atoms with Crippen LogP contribution in [0.25, 0.3) is 0 Å². The van der Waals surface area contributed by atoms with Crippen LogP contribution in [0.5, 0.6) is 0 Å². The summed E-state index contributed by atoms with van der Waals surface area (Å²) in [6, 6.07) is 0.370. The van der Waals surface area contributed by atoms with E-state index in [1.54, 1.807) is 7.05 Å². The number of β-amino-alcohol motifs (C(OH)–C–C–N with tert-alkyl or cyclic N) is 1. The molecule has 1 aliphatic rings. The molecule has 0 saturated carbocycles. The summed E-state index contributed by atoms with van der Waals surface area (Å²) in [6.07, 6.45) is 1.08. The van der Waals surface area contributed by atoms with E-state index in [-0.39, 0.29) is 12.0 Å². The average molecular weight is 229 g/mol. The highest BCUT2D eigenvalue weighted by atomic mass is 16.3. The molecule has 0 aromatic heterocycles. The van der Waals surface area contributed by atoms with Crippen LogP contribution in [0.2, 0.25) is 0 Å². The molecule has 0 spiro atoms. The Morgan fingerprint density at radius 2 is 2.25 bits per heavy atom. The SMILES string of the molecule is CNC(=O)CCN1CC(O)CC1CN(C)C. The lowest BCUT2D eigenvalue weighted by Gasteiger charge is -2.26. The summed E-state index contributed by atoms with van der Waals surface area (Å²) in [4.78, 5) is 15.5. The predicted octanol–water partition coefficient (Wildman–Crippen LogP) is -0.881. The van der Waals surface area contributed by atoms with Gasteiger partial charge in [-0.1, -0.05) is 0 Å². The molecule has 94 valence electrons. The molecule has 0 bridgehead atoms. The number of hydrogen-bond donors (Lipinski definition) is 2. The highest BCUT2D eigenvalue weighted by Crippen LogP contribution is 2.18. The summed E-state index contributed by atoms with van der Waals surface area (Å²) < 4.78 is 0. The van der Waals surface area contributed by atoms with Crippen molar-refractivity contribution in [1.29, 1.82) is 0 Å². The van der Waals surface area contributed by atoms with Crippen LogP contribution in [0, 0.1) is 0 Å². The molecule has 1 heterocycles. The number of nitrogens with one attached hydrogen (secondary N) is 1. The fraction of sp³-hybridized carbons (Fsp3) is 0.909. The molecule has 1 aliphatic heterocycles. The van der Waals surface area contributed by atoms with Crippen molar-refractivity contribution >= 4 is 5.91 Å². The first kappa shape index (κ1) is 13.4. The minimum atomic E-state index is -0.241. The van der Waals surface area contributed by atoms with Crippen LogP contribution >= 0.6 is 0 Å². The van der Waals surface area contributed by atoms with Gasteiger partial charge in [0.05, 0.1) is 6.10 Å². The van der Waals surface area contributed by atoms with Gasteiger partial charge >= 0.3 is 0 Å². The van der Waals surface area contributed by atoms with E-state index in [4.69, 9.17) is 0 Å². The number of likely N-dealkylation sites (N-methyl/N-ethyl adjacent to an activating group) is 1. The average Bonchev–Trinajstić information content (AvgIpc) is 2.54. The molecule has 2 atom stereocenters. The van der Waals surface area contributed by atoms with E-state index in [2.05, 4.69) is 15.1 Å². The Kier molecular flexibility index (Phi) is 5.18. The number of aliphatic hydroxyl groups is 1. The molecule has 16 heavy (non-hydrogen) atoms. The molecule has 5 nitrogen and oxygen atoms in total. The first-order valence-corrected chi connectivity index (χ1v) is 5.80. The van der Waals surface area contributed by atoms with Gasteiger partial charge in [-0.05, 0) is 20.5 Å². The molecular formula is C11H23N3O2. The van der Waals surface area contributed by atoms with Crippen molar-refractivity contribution in [1.82, 2.24) is 15.1 Å². The molecule has 0 radical (unpaired) electrons. The maximum absolute atomic E-state index is 11.2. The molecule has 1 rings (SSSR count). The van der Waals surface area contributed by atoms with Gasteiger partial charge in [-0.15, -0.1) is 0 Å². The molecule has 1 fully saturated rings. The molecular weight excluding hydrogens is 206 g/mol. The molecule has 2 unspecified atom stereocenters. The number of rotatable bonds is 5. The second-order valence-electron chi connectivity index (χ2n) is 4.72. The summed E-state index contributed by atoms with van der Waals surface area (Å²) >= 11 is 0. The molecule has 0 aliphatic carbocycles. The molecule has 2 N–H and O–H groups in total. The van der Waals surface area contributed by atoms with Crippen LogP contribution in [-0.2, 0) is 4.79 Å². The van der Waals surface area contributed by atoms with E-state index < -0.39 is 0 Å². The lowest BCUT2D eigenvalue weighted by Crippen LogP contribution is -2.39. The first-order valence-electron chi connectivity index (χ1n) is 5.80. The number of hydrogen-bond acceptors (Lipinski definition) is 4. The van der Waals surface area contributed by atoms with Crippen molar-refractivity contribution in [3.05, 3.63) is 0 Å². The summed E-state index contributed by atoms with van der Waals surface area (Å²) in [5, 5.41) is 12.3. The van der Waals surface area contributed by atoms with Gasteiger partial charge < -0.3 is 15.3 Å². The van der Waals surface area contributed by atoms with E-state index in [0.717, 1.165) is 19.5 Å². The van der Waals surface area contributed by atoms with E-state index in [1.807, 2.05) is 14.1 Å². The minimum absolute atomic E-state index is 0.0602. The summed E-state index contributed by atoms with van der Waals surface area (Å²) in [7, 11) is 5.71. The Bertz CT molecular complexity index is 233. The minimum Gasteiger partial charge on any atom is -0.392 e. The largest absolute Gasteiger partial charge is 0.392 e. The quantitative estimate of drug-likeness (QED) is 0.643. The molecule has 0 aromatic rings. The van der Waals surface area contributed by atoms with E-state index in [1.165, 1.54) is 0 Å².